The number of nitrogens with one attached hydrogen (secondary N) is 2. The lowest BCUT2D eigenvalue weighted by Gasteiger charge is -2.32. The van der Waals surface area contributed by atoms with Crippen LogP contribution in [0, 0.1) is 12.8 Å². The predicted octanol–water partition coefficient (Wildman–Crippen LogP) is 2.70. The minimum absolute atomic E-state index is 0.0177. The molecule has 1 fully saturated rings. The van der Waals surface area contributed by atoms with Crippen LogP contribution in [0.1, 0.15) is 18.7 Å². The zero-order valence-corrected chi connectivity index (χ0v) is 16.6. The minimum Gasteiger partial charge on any atom is -0.356 e. The Morgan fingerprint density at radius 2 is 1.97 bits per heavy atom. The smallest absolute Gasteiger partial charge is 0.227 e. The van der Waals surface area contributed by atoms with Crippen molar-refractivity contribution in [1.82, 2.24) is 29.7 Å². The van der Waals surface area contributed by atoms with E-state index in [1.54, 1.807) is 18.7 Å². The van der Waals surface area contributed by atoms with Crippen molar-refractivity contribution < 1.29 is 4.79 Å². The molecule has 1 saturated heterocycles. The Labute approximate surface area is 173 Å². The van der Waals surface area contributed by atoms with Crippen molar-refractivity contribution >= 4 is 28.3 Å². The van der Waals surface area contributed by atoms with Gasteiger partial charge in [0.25, 0.3) is 0 Å². The number of anilines is 2. The second-order valence-electron chi connectivity index (χ2n) is 7.50. The van der Waals surface area contributed by atoms with Gasteiger partial charge in [0, 0.05) is 48.5 Å². The van der Waals surface area contributed by atoms with Gasteiger partial charge < -0.3 is 10.2 Å². The molecular weight excluding hydrogens is 380 g/mol. The van der Waals surface area contributed by atoms with Gasteiger partial charge in [-0.05, 0) is 38.0 Å². The standard InChI is InChI=1S/C21H22N8O/c1-14-22-6-9-29(14)20-11-19(23-13-24-20)28-7-4-15(5-8-28)21(30)26-17-3-2-16-12-25-27-18(16)10-17/h2-3,6,9-13,15H,4-5,7-8H2,1H3,(H,25,27)(H,26,30). The van der Waals surface area contributed by atoms with Crippen LogP contribution in [0.2, 0.25) is 0 Å². The Bertz CT molecular complexity index is 1190. The van der Waals surface area contributed by atoms with Gasteiger partial charge in [-0.1, -0.05) is 0 Å². The number of hydrogen-bond acceptors (Lipinski definition) is 6. The Morgan fingerprint density at radius 1 is 1.13 bits per heavy atom. The molecule has 0 aliphatic carbocycles. The molecule has 152 valence electrons. The number of fused-ring (bicyclic) bond motifs is 1. The van der Waals surface area contributed by atoms with E-state index in [0.29, 0.717) is 0 Å². The predicted molar refractivity (Wildman–Crippen MR) is 114 cm³/mol. The van der Waals surface area contributed by atoms with E-state index in [-0.39, 0.29) is 11.8 Å². The van der Waals surface area contributed by atoms with E-state index in [1.807, 2.05) is 42.0 Å². The number of rotatable bonds is 4. The topological polar surface area (TPSA) is 105 Å². The summed E-state index contributed by atoms with van der Waals surface area (Å²) in [4.78, 5) is 28.0. The van der Waals surface area contributed by atoms with Crippen LogP contribution < -0.4 is 10.2 Å². The second kappa shape index (κ2) is 7.58. The molecule has 1 aliphatic rings. The van der Waals surface area contributed by atoms with E-state index in [2.05, 4.69) is 35.4 Å². The van der Waals surface area contributed by atoms with Crippen LogP contribution in [-0.4, -0.2) is 48.7 Å². The molecule has 30 heavy (non-hydrogen) atoms. The number of aromatic nitrogens is 6. The van der Waals surface area contributed by atoms with Gasteiger partial charge in [0.15, 0.2) is 0 Å². The molecule has 4 aromatic rings. The number of carbonyl (C=O) groups excluding carboxylic acids is 1. The number of benzene rings is 1. The maximum absolute atomic E-state index is 12.7. The molecule has 9 nitrogen and oxygen atoms in total. The number of imidazole rings is 1. The molecule has 5 rings (SSSR count). The highest BCUT2D eigenvalue weighted by atomic mass is 16.1. The number of nitrogens with zero attached hydrogens (tertiary/aromatic N) is 6. The van der Waals surface area contributed by atoms with Gasteiger partial charge in [0.1, 0.15) is 23.8 Å². The molecule has 0 bridgehead atoms. The first-order valence-electron chi connectivity index (χ1n) is 9.99. The van der Waals surface area contributed by atoms with E-state index in [0.717, 1.165) is 60.0 Å². The van der Waals surface area contributed by atoms with Crippen LogP contribution in [0.25, 0.3) is 16.7 Å². The number of aryl methyl sites for hydroxylation is 1. The van der Waals surface area contributed by atoms with Gasteiger partial charge in [0.2, 0.25) is 5.91 Å². The van der Waals surface area contributed by atoms with Crippen molar-refractivity contribution in [3.05, 3.63) is 55.0 Å². The fourth-order valence-corrected chi connectivity index (χ4v) is 3.89. The Balaban J connectivity index is 1.23. The zero-order valence-electron chi connectivity index (χ0n) is 16.6. The van der Waals surface area contributed by atoms with E-state index in [4.69, 9.17) is 0 Å². The normalized spacial score (nSPS) is 14.9. The molecule has 2 N–H and O–H groups in total. The molecular formula is C21H22N8O. The SMILES string of the molecule is Cc1nccn1-c1cc(N2CCC(C(=O)Nc3ccc4cn[nH]c4c3)CC2)ncn1. The summed E-state index contributed by atoms with van der Waals surface area (Å²) < 4.78 is 1.93. The molecule has 1 aromatic carbocycles. The Morgan fingerprint density at radius 3 is 2.77 bits per heavy atom. The maximum Gasteiger partial charge on any atom is 0.227 e. The van der Waals surface area contributed by atoms with E-state index in [9.17, 15) is 4.79 Å². The molecule has 4 heterocycles. The highest BCUT2D eigenvalue weighted by Crippen LogP contribution is 2.25. The van der Waals surface area contributed by atoms with Crippen LogP contribution in [0.5, 0.6) is 0 Å². The molecule has 1 aliphatic heterocycles. The fraction of sp³-hybridized carbons (Fsp3) is 0.286. The van der Waals surface area contributed by atoms with E-state index in [1.165, 1.54) is 0 Å². The number of hydrogen-bond donors (Lipinski definition) is 2. The number of piperidine rings is 1. The lowest BCUT2D eigenvalue weighted by molar-refractivity contribution is -0.120. The van der Waals surface area contributed by atoms with Gasteiger partial charge in [-0.2, -0.15) is 5.10 Å². The molecule has 0 spiro atoms. The zero-order chi connectivity index (χ0) is 20.5. The first-order chi connectivity index (χ1) is 14.7. The number of aromatic amines is 1. The second-order valence-corrected chi connectivity index (χ2v) is 7.50. The van der Waals surface area contributed by atoms with Crippen molar-refractivity contribution in [2.75, 3.05) is 23.3 Å². The third-order valence-electron chi connectivity index (χ3n) is 5.61. The first kappa shape index (κ1) is 18.3. The third kappa shape index (κ3) is 3.49. The van der Waals surface area contributed by atoms with E-state index < -0.39 is 0 Å². The Hall–Kier alpha value is -3.75. The average molecular weight is 402 g/mol. The maximum atomic E-state index is 12.7. The highest BCUT2D eigenvalue weighted by molar-refractivity contribution is 5.94. The molecule has 1 amide bonds. The number of H-pyrrole nitrogens is 1. The van der Waals surface area contributed by atoms with Crippen LogP contribution >= 0.6 is 0 Å². The van der Waals surface area contributed by atoms with Gasteiger partial charge in [-0.3, -0.25) is 14.5 Å². The molecule has 9 heteroatoms. The first-order valence-corrected chi connectivity index (χ1v) is 9.99. The molecule has 0 unspecified atom stereocenters. The van der Waals surface area contributed by atoms with Gasteiger partial charge in [-0.25, -0.2) is 15.0 Å². The largest absolute Gasteiger partial charge is 0.356 e. The molecule has 0 radical (unpaired) electrons. The lowest BCUT2D eigenvalue weighted by atomic mass is 9.95. The number of carbonyl (C=O) groups is 1. The van der Waals surface area contributed by atoms with Crippen molar-refractivity contribution in [3.8, 4) is 5.82 Å². The van der Waals surface area contributed by atoms with Crippen molar-refractivity contribution in [2.45, 2.75) is 19.8 Å². The summed E-state index contributed by atoms with van der Waals surface area (Å²) in [6, 6.07) is 7.74. The fourth-order valence-electron chi connectivity index (χ4n) is 3.89. The minimum atomic E-state index is -0.0177. The highest BCUT2D eigenvalue weighted by Gasteiger charge is 2.26. The summed E-state index contributed by atoms with van der Waals surface area (Å²) in [5, 5.41) is 11.0. The average Bonchev–Trinajstić information content (AvgIpc) is 3.42. The van der Waals surface area contributed by atoms with Gasteiger partial charge in [0.05, 0.1) is 11.7 Å². The van der Waals surface area contributed by atoms with Crippen LogP contribution in [0.3, 0.4) is 0 Å². The van der Waals surface area contributed by atoms with Crippen molar-refractivity contribution in [2.24, 2.45) is 5.92 Å². The summed E-state index contributed by atoms with van der Waals surface area (Å²) in [6.45, 7) is 3.49. The summed E-state index contributed by atoms with van der Waals surface area (Å²) in [5.74, 6) is 2.59. The summed E-state index contributed by atoms with van der Waals surface area (Å²) in [5.41, 5.74) is 1.70. The van der Waals surface area contributed by atoms with Gasteiger partial charge in [-0.15, -0.1) is 0 Å². The van der Waals surface area contributed by atoms with Crippen LogP contribution in [0.15, 0.2) is 49.2 Å². The monoisotopic (exact) mass is 402 g/mol. The Kier molecular flexibility index (Phi) is 4.62. The molecule has 3 aromatic heterocycles. The quantitative estimate of drug-likeness (QED) is 0.544. The van der Waals surface area contributed by atoms with Crippen LogP contribution in [0.4, 0.5) is 11.5 Å². The number of amides is 1. The summed E-state index contributed by atoms with van der Waals surface area (Å²) in [6.07, 6.45) is 8.55. The summed E-state index contributed by atoms with van der Waals surface area (Å²) in [7, 11) is 0. The molecule has 0 saturated carbocycles. The van der Waals surface area contributed by atoms with Crippen molar-refractivity contribution in [1.29, 1.82) is 0 Å². The van der Waals surface area contributed by atoms with Crippen LogP contribution in [-0.2, 0) is 4.79 Å². The lowest BCUT2D eigenvalue weighted by Crippen LogP contribution is -2.38. The van der Waals surface area contributed by atoms with Gasteiger partial charge >= 0.3 is 0 Å². The molecule has 0 atom stereocenters. The van der Waals surface area contributed by atoms with E-state index >= 15 is 0 Å². The third-order valence-corrected chi connectivity index (χ3v) is 5.61. The van der Waals surface area contributed by atoms with Crippen molar-refractivity contribution in [3.63, 3.8) is 0 Å². The summed E-state index contributed by atoms with van der Waals surface area (Å²) >= 11 is 0.